The Hall–Kier alpha value is -2.89. The SMILES string of the molecule is O=C(Cc1cc(=O)[nH][nH]1)NN=CC=Cc1ccccc1. The van der Waals surface area contributed by atoms with Crippen LogP contribution in [0.2, 0.25) is 0 Å². The Morgan fingerprint density at radius 2 is 2.05 bits per heavy atom. The van der Waals surface area contributed by atoms with Crippen molar-refractivity contribution in [2.24, 2.45) is 5.10 Å². The second-order valence-corrected chi connectivity index (χ2v) is 4.04. The molecule has 6 nitrogen and oxygen atoms in total. The van der Waals surface area contributed by atoms with Crippen LogP contribution in [0.25, 0.3) is 6.08 Å². The molecule has 0 radical (unpaired) electrons. The van der Waals surface area contributed by atoms with Crippen molar-refractivity contribution in [3.63, 3.8) is 0 Å². The van der Waals surface area contributed by atoms with E-state index in [1.165, 1.54) is 12.3 Å². The van der Waals surface area contributed by atoms with E-state index in [4.69, 9.17) is 0 Å². The summed E-state index contributed by atoms with van der Waals surface area (Å²) in [7, 11) is 0. The van der Waals surface area contributed by atoms with E-state index in [2.05, 4.69) is 20.7 Å². The summed E-state index contributed by atoms with van der Waals surface area (Å²) in [6.07, 6.45) is 5.16. The first-order valence-corrected chi connectivity index (χ1v) is 6.04. The molecule has 0 saturated heterocycles. The van der Waals surface area contributed by atoms with Crippen molar-refractivity contribution in [1.82, 2.24) is 15.6 Å². The molecule has 0 bridgehead atoms. The molecule has 20 heavy (non-hydrogen) atoms. The van der Waals surface area contributed by atoms with Gasteiger partial charge in [0, 0.05) is 18.0 Å². The van der Waals surface area contributed by atoms with Crippen molar-refractivity contribution in [2.45, 2.75) is 6.42 Å². The number of benzene rings is 1. The molecule has 0 aliphatic carbocycles. The van der Waals surface area contributed by atoms with E-state index in [-0.39, 0.29) is 17.9 Å². The molecule has 0 fully saturated rings. The number of aromatic amines is 2. The van der Waals surface area contributed by atoms with Gasteiger partial charge in [0.25, 0.3) is 5.56 Å². The summed E-state index contributed by atoms with van der Waals surface area (Å²) in [5.74, 6) is -0.301. The average Bonchev–Trinajstić information content (AvgIpc) is 2.85. The standard InChI is InChI=1S/C14H14N4O2/c19-13(9-12-10-14(20)18-16-12)17-15-8-4-7-11-5-2-1-3-6-11/h1-8,10H,9H2,(H,17,19)(H2,16,18,20). The van der Waals surface area contributed by atoms with Gasteiger partial charge in [-0.05, 0) is 11.6 Å². The number of hydrogen-bond donors (Lipinski definition) is 3. The second-order valence-electron chi connectivity index (χ2n) is 4.04. The van der Waals surface area contributed by atoms with E-state index in [0.29, 0.717) is 5.69 Å². The molecule has 2 aromatic rings. The van der Waals surface area contributed by atoms with Gasteiger partial charge in [-0.25, -0.2) is 5.43 Å². The number of H-pyrrole nitrogens is 2. The van der Waals surface area contributed by atoms with Crippen LogP contribution in [-0.4, -0.2) is 22.3 Å². The second kappa shape index (κ2) is 6.89. The number of carbonyl (C=O) groups is 1. The maximum absolute atomic E-state index is 11.5. The van der Waals surface area contributed by atoms with Gasteiger partial charge in [-0.2, -0.15) is 5.10 Å². The van der Waals surface area contributed by atoms with Gasteiger partial charge in [-0.1, -0.05) is 36.4 Å². The molecule has 0 spiro atoms. The molecule has 2 rings (SSSR count). The van der Waals surface area contributed by atoms with Crippen molar-refractivity contribution >= 4 is 18.2 Å². The monoisotopic (exact) mass is 270 g/mol. The predicted octanol–water partition coefficient (Wildman–Crippen LogP) is 1.06. The van der Waals surface area contributed by atoms with Crippen LogP contribution < -0.4 is 11.0 Å². The third-order valence-corrected chi connectivity index (χ3v) is 2.44. The number of rotatable bonds is 5. The molecule has 1 heterocycles. The quantitative estimate of drug-likeness (QED) is 0.560. The van der Waals surface area contributed by atoms with Crippen LogP contribution in [-0.2, 0) is 11.2 Å². The minimum absolute atomic E-state index is 0.0679. The van der Waals surface area contributed by atoms with E-state index < -0.39 is 0 Å². The van der Waals surface area contributed by atoms with Crippen molar-refractivity contribution in [2.75, 3.05) is 0 Å². The summed E-state index contributed by atoms with van der Waals surface area (Å²) in [6, 6.07) is 11.1. The molecule has 0 atom stereocenters. The molecule has 1 aromatic heterocycles. The zero-order chi connectivity index (χ0) is 14.2. The van der Waals surface area contributed by atoms with Crippen molar-refractivity contribution in [3.05, 3.63) is 64.1 Å². The fourth-order valence-corrected chi connectivity index (χ4v) is 1.55. The number of hydrogen-bond acceptors (Lipinski definition) is 3. The Bertz CT molecular complexity index is 668. The van der Waals surface area contributed by atoms with Crippen LogP contribution in [0.4, 0.5) is 0 Å². The topological polar surface area (TPSA) is 90.1 Å². The summed E-state index contributed by atoms with van der Waals surface area (Å²) in [4.78, 5) is 22.3. The van der Waals surface area contributed by atoms with Crippen LogP contribution in [0.3, 0.4) is 0 Å². The van der Waals surface area contributed by atoms with E-state index in [0.717, 1.165) is 5.56 Å². The number of aromatic nitrogens is 2. The first-order chi connectivity index (χ1) is 9.74. The number of amides is 1. The molecule has 3 N–H and O–H groups in total. The normalized spacial score (nSPS) is 11.2. The van der Waals surface area contributed by atoms with E-state index in [1.807, 2.05) is 36.4 Å². The Labute approximate surface area is 115 Å². The molecule has 6 heteroatoms. The van der Waals surface area contributed by atoms with E-state index in [9.17, 15) is 9.59 Å². The van der Waals surface area contributed by atoms with Gasteiger partial charge in [-0.3, -0.25) is 14.7 Å². The average molecular weight is 270 g/mol. The summed E-state index contributed by atoms with van der Waals surface area (Å²) >= 11 is 0. The molecule has 0 saturated carbocycles. The number of nitrogens with one attached hydrogen (secondary N) is 3. The summed E-state index contributed by atoms with van der Waals surface area (Å²) < 4.78 is 0. The lowest BCUT2D eigenvalue weighted by atomic mass is 10.2. The Morgan fingerprint density at radius 3 is 2.75 bits per heavy atom. The molecule has 0 aliphatic rings. The van der Waals surface area contributed by atoms with Crippen LogP contribution in [0.1, 0.15) is 11.3 Å². The maximum atomic E-state index is 11.5. The fraction of sp³-hybridized carbons (Fsp3) is 0.0714. The third-order valence-electron chi connectivity index (χ3n) is 2.44. The minimum atomic E-state index is -0.301. The summed E-state index contributed by atoms with van der Waals surface area (Å²) in [5.41, 5.74) is 3.68. The van der Waals surface area contributed by atoms with E-state index in [1.54, 1.807) is 6.08 Å². The highest BCUT2D eigenvalue weighted by atomic mass is 16.2. The maximum Gasteiger partial charge on any atom is 0.264 e. The van der Waals surface area contributed by atoms with Crippen molar-refractivity contribution < 1.29 is 4.79 Å². The highest BCUT2D eigenvalue weighted by Gasteiger charge is 2.03. The van der Waals surface area contributed by atoms with Gasteiger partial charge < -0.3 is 5.10 Å². The first-order valence-electron chi connectivity index (χ1n) is 6.04. The van der Waals surface area contributed by atoms with Gasteiger partial charge in [0.1, 0.15) is 0 Å². The lowest BCUT2D eigenvalue weighted by Crippen LogP contribution is -2.19. The minimum Gasteiger partial charge on any atom is -0.302 e. The van der Waals surface area contributed by atoms with Crippen molar-refractivity contribution in [3.8, 4) is 0 Å². The highest BCUT2D eigenvalue weighted by molar-refractivity contribution is 5.82. The largest absolute Gasteiger partial charge is 0.302 e. The van der Waals surface area contributed by atoms with Gasteiger partial charge in [0.05, 0.1) is 6.42 Å². The van der Waals surface area contributed by atoms with E-state index >= 15 is 0 Å². The number of hydrazone groups is 1. The Balaban J connectivity index is 1.77. The van der Waals surface area contributed by atoms with Crippen LogP contribution >= 0.6 is 0 Å². The number of allylic oxidation sites excluding steroid dienone is 1. The molecule has 0 aliphatic heterocycles. The van der Waals surface area contributed by atoms with Gasteiger partial charge >= 0.3 is 0 Å². The Kier molecular flexibility index (Phi) is 4.66. The van der Waals surface area contributed by atoms with Crippen LogP contribution in [0, 0.1) is 0 Å². The lowest BCUT2D eigenvalue weighted by molar-refractivity contribution is -0.120. The molecule has 0 unspecified atom stereocenters. The fourth-order valence-electron chi connectivity index (χ4n) is 1.55. The predicted molar refractivity (Wildman–Crippen MR) is 77.2 cm³/mol. The van der Waals surface area contributed by atoms with Crippen LogP contribution in [0.15, 0.2) is 52.4 Å². The van der Waals surface area contributed by atoms with Crippen molar-refractivity contribution in [1.29, 1.82) is 0 Å². The lowest BCUT2D eigenvalue weighted by Gasteiger charge is -1.95. The van der Waals surface area contributed by atoms with Gasteiger partial charge in [-0.15, -0.1) is 0 Å². The molecular formula is C14H14N4O2. The molecular weight excluding hydrogens is 256 g/mol. The summed E-state index contributed by atoms with van der Waals surface area (Å²) in [5, 5.41) is 8.73. The molecule has 102 valence electrons. The zero-order valence-corrected chi connectivity index (χ0v) is 10.7. The number of carbonyl (C=O) groups excluding carboxylic acids is 1. The summed E-state index contributed by atoms with van der Waals surface area (Å²) in [6.45, 7) is 0. The van der Waals surface area contributed by atoms with Gasteiger partial charge in [0.2, 0.25) is 5.91 Å². The third kappa shape index (κ3) is 4.41. The zero-order valence-electron chi connectivity index (χ0n) is 10.7. The highest BCUT2D eigenvalue weighted by Crippen LogP contribution is 1.99. The smallest absolute Gasteiger partial charge is 0.264 e. The number of nitrogens with zero attached hydrogens (tertiary/aromatic N) is 1. The Morgan fingerprint density at radius 1 is 1.25 bits per heavy atom. The molecule has 1 amide bonds. The molecule has 1 aromatic carbocycles. The van der Waals surface area contributed by atoms with Gasteiger partial charge in [0.15, 0.2) is 0 Å². The first kappa shape index (κ1) is 13.5. The van der Waals surface area contributed by atoms with Crippen LogP contribution in [0.5, 0.6) is 0 Å².